The lowest BCUT2D eigenvalue weighted by Gasteiger charge is -2.27. The molecule has 1 N–H and O–H groups in total. The Morgan fingerprint density at radius 2 is 2.33 bits per heavy atom. The molecule has 0 aliphatic carbocycles. The Kier molecular flexibility index (Phi) is 3.15. The van der Waals surface area contributed by atoms with E-state index in [4.69, 9.17) is 0 Å². The Balaban J connectivity index is 2.05. The number of aryl methyl sites for hydroxylation is 1. The number of aromatic nitrogens is 1. The van der Waals surface area contributed by atoms with Crippen LogP contribution in [0, 0.1) is 0 Å². The van der Waals surface area contributed by atoms with Gasteiger partial charge in [0.15, 0.2) is 0 Å². The average Bonchev–Trinajstić information content (AvgIpc) is 2.88. The summed E-state index contributed by atoms with van der Waals surface area (Å²) in [5, 5.41) is 3.69. The van der Waals surface area contributed by atoms with Gasteiger partial charge in [-0.1, -0.05) is 6.92 Å². The first-order valence-electron chi connectivity index (χ1n) is 6.18. The zero-order chi connectivity index (χ0) is 10.7. The lowest BCUT2D eigenvalue weighted by atomic mass is 9.88. The van der Waals surface area contributed by atoms with E-state index in [0.717, 1.165) is 6.54 Å². The second-order valence-electron chi connectivity index (χ2n) is 4.69. The fraction of sp³-hybridized carbons (Fsp3) is 0.692. The van der Waals surface area contributed by atoms with Crippen LogP contribution in [0.5, 0.6) is 0 Å². The van der Waals surface area contributed by atoms with Gasteiger partial charge in [0.1, 0.15) is 0 Å². The van der Waals surface area contributed by atoms with Crippen molar-refractivity contribution in [3.8, 4) is 0 Å². The minimum Gasteiger partial charge on any atom is -0.354 e. The van der Waals surface area contributed by atoms with E-state index in [0.29, 0.717) is 5.54 Å². The highest BCUT2D eigenvalue weighted by molar-refractivity contribution is 5.15. The zero-order valence-electron chi connectivity index (χ0n) is 9.92. The molecule has 1 aliphatic rings. The fourth-order valence-corrected chi connectivity index (χ4v) is 2.63. The van der Waals surface area contributed by atoms with E-state index in [1.165, 1.54) is 37.8 Å². The van der Waals surface area contributed by atoms with E-state index >= 15 is 0 Å². The highest BCUT2D eigenvalue weighted by atomic mass is 15.0. The number of hydrogen-bond donors (Lipinski definition) is 1. The molecule has 0 amide bonds. The molecule has 1 atom stereocenters. The molecule has 15 heavy (non-hydrogen) atoms. The minimum absolute atomic E-state index is 0.389. The first-order chi connectivity index (χ1) is 7.28. The summed E-state index contributed by atoms with van der Waals surface area (Å²) in [5.41, 5.74) is 1.87. The summed E-state index contributed by atoms with van der Waals surface area (Å²) in [7, 11) is 0. The molecule has 84 valence electrons. The maximum Gasteiger partial charge on any atom is 0.0220 e. The predicted molar refractivity (Wildman–Crippen MR) is 64.1 cm³/mol. The van der Waals surface area contributed by atoms with Crippen molar-refractivity contribution in [1.29, 1.82) is 0 Å². The van der Waals surface area contributed by atoms with Crippen LogP contribution < -0.4 is 5.32 Å². The molecule has 0 aromatic carbocycles. The smallest absolute Gasteiger partial charge is 0.0220 e. The molecule has 2 nitrogen and oxygen atoms in total. The second-order valence-corrected chi connectivity index (χ2v) is 4.69. The quantitative estimate of drug-likeness (QED) is 0.801. The highest BCUT2D eigenvalue weighted by Gasteiger charge is 2.31. The molecule has 2 heteroatoms. The van der Waals surface area contributed by atoms with E-state index in [2.05, 4.69) is 42.2 Å². The molecular formula is C13H22N2. The molecule has 1 aliphatic heterocycles. The summed E-state index contributed by atoms with van der Waals surface area (Å²) >= 11 is 0. The second kappa shape index (κ2) is 4.40. The van der Waals surface area contributed by atoms with Crippen molar-refractivity contribution >= 4 is 0 Å². The maximum absolute atomic E-state index is 3.69. The highest BCUT2D eigenvalue weighted by Crippen LogP contribution is 2.27. The van der Waals surface area contributed by atoms with Crippen LogP contribution in [-0.4, -0.2) is 16.7 Å². The van der Waals surface area contributed by atoms with Crippen molar-refractivity contribution in [1.82, 2.24) is 9.88 Å². The van der Waals surface area contributed by atoms with Gasteiger partial charge in [0.2, 0.25) is 0 Å². The Morgan fingerprint density at radius 3 is 2.87 bits per heavy atom. The number of nitrogens with zero attached hydrogens (tertiary/aromatic N) is 1. The Hall–Kier alpha value is -0.760. The largest absolute Gasteiger partial charge is 0.354 e. The summed E-state index contributed by atoms with van der Waals surface area (Å²) in [6, 6.07) is 2.26. The van der Waals surface area contributed by atoms with Gasteiger partial charge in [-0.2, -0.15) is 0 Å². The van der Waals surface area contributed by atoms with Crippen LogP contribution in [-0.2, 0) is 13.0 Å². The van der Waals surface area contributed by atoms with Crippen molar-refractivity contribution in [2.75, 3.05) is 6.54 Å². The SMILES string of the molecule is CCn1ccc(CC2(CC)CCCN2)c1. The molecule has 0 bridgehead atoms. The predicted octanol–water partition coefficient (Wildman–Crippen LogP) is 2.58. The summed E-state index contributed by atoms with van der Waals surface area (Å²) in [6.07, 6.45) is 9.58. The van der Waals surface area contributed by atoms with Gasteiger partial charge in [-0.3, -0.25) is 0 Å². The standard InChI is InChI=1S/C13H22N2/c1-3-13(7-5-8-14-13)10-12-6-9-15(4-2)11-12/h6,9,11,14H,3-5,7-8,10H2,1-2H3. The molecule has 0 spiro atoms. The van der Waals surface area contributed by atoms with Crippen LogP contribution in [0.2, 0.25) is 0 Å². The summed E-state index contributed by atoms with van der Waals surface area (Å²) in [5.74, 6) is 0. The molecular weight excluding hydrogens is 184 g/mol. The van der Waals surface area contributed by atoms with E-state index < -0.39 is 0 Å². The summed E-state index contributed by atoms with van der Waals surface area (Å²) < 4.78 is 2.26. The third-order valence-electron chi connectivity index (χ3n) is 3.73. The van der Waals surface area contributed by atoms with Gasteiger partial charge < -0.3 is 9.88 Å². The van der Waals surface area contributed by atoms with Gasteiger partial charge in [-0.15, -0.1) is 0 Å². The van der Waals surface area contributed by atoms with Gasteiger partial charge in [0, 0.05) is 24.5 Å². The number of nitrogens with one attached hydrogen (secondary N) is 1. The zero-order valence-corrected chi connectivity index (χ0v) is 9.92. The van der Waals surface area contributed by atoms with Gasteiger partial charge in [0.25, 0.3) is 0 Å². The molecule has 0 saturated carbocycles. The Bertz CT molecular complexity index is 308. The number of rotatable bonds is 4. The minimum atomic E-state index is 0.389. The van der Waals surface area contributed by atoms with Gasteiger partial charge >= 0.3 is 0 Å². The van der Waals surface area contributed by atoms with Gasteiger partial charge in [-0.05, 0) is 50.8 Å². The van der Waals surface area contributed by atoms with E-state index in [1.54, 1.807) is 0 Å². The van der Waals surface area contributed by atoms with Crippen LogP contribution in [0.4, 0.5) is 0 Å². The third-order valence-corrected chi connectivity index (χ3v) is 3.73. The monoisotopic (exact) mass is 206 g/mol. The number of hydrogen-bond acceptors (Lipinski definition) is 1. The van der Waals surface area contributed by atoms with Crippen LogP contribution in [0.1, 0.15) is 38.7 Å². The van der Waals surface area contributed by atoms with E-state index in [1.807, 2.05) is 0 Å². The lowest BCUT2D eigenvalue weighted by molar-refractivity contribution is 0.360. The van der Waals surface area contributed by atoms with Crippen LogP contribution >= 0.6 is 0 Å². The summed E-state index contributed by atoms with van der Waals surface area (Å²) in [4.78, 5) is 0. The topological polar surface area (TPSA) is 17.0 Å². The van der Waals surface area contributed by atoms with Crippen molar-refractivity contribution in [3.05, 3.63) is 24.0 Å². The summed E-state index contributed by atoms with van der Waals surface area (Å²) in [6.45, 7) is 6.76. The molecule has 1 aromatic heterocycles. The van der Waals surface area contributed by atoms with E-state index in [-0.39, 0.29) is 0 Å². The van der Waals surface area contributed by atoms with Crippen LogP contribution in [0.15, 0.2) is 18.5 Å². The molecule has 2 heterocycles. The molecule has 1 saturated heterocycles. The molecule has 2 rings (SSSR count). The Morgan fingerprint density at radius 1 is 1.47 bits per heavy atom. The molecule has 1 fully saturated rings. The fourth-order valence-electron chi connectivity index (χ4n) is 2.63. The van der Waals surface area contributed by atoms with Crippen LogP contribution in [0.3, 0.4) is 0 Å². The molecule has 1 unspecified atom stereocenters. The van der Waals surface area contributed by atoms with Gasteiger partial charge in [0.05, 0.1) is 0 Å². The van der Waals surface area contributed by atoms with Gasteiger partial charge in [-0.25, -0.2) is 0 Å². The van der Waals surface area contributed by atoms with Crippen molar-refractivity contribution in [2.24, 2.45) is 0 Å². The molecule has 1 aromatic rings. The normalized spacial score (nSPS) is 26.0. The Labute approximate surface area is 92.7 Å². The van der Waals surface area contributed by atoms with Crippen LogP contribution in [0.25, 0.3) is 0 Å². The van der Waals surface area contributed by atoms with Crippen molar-refractivity contribution in [2.45, 2.75) is 51.6 Å². The lowest BCUT2D eigenvalue weighted by Crippen LogP contribution is -2.41. The van der Waals surface area contributed by atoms with Crippen molar-refractivity contribution in [3.63, 3.8) is 0 Å². The first-order valence-corrected chi connectivity index (χ1v) is 6.18. The van der Waals surface area contributed by atoms with E-state index in [9.17, 15) is 0 Å². The molecule has 0 radical (unpaired) electrons. The first kappa shape index (κ1) is 10.7. The maximum atomic E-state index is 3.69. The average molecular weight is 206 g/mol. The van der Waals surface area contributed by atoms with Crippen molar-refractivity contribution < 1.29 is 0 Å². The third kappa shape index (κ3) is 2.25.